The number of esters is 1. The first-order valence-corrected chi connectivity index (χ1v) is 16.7. The molecule has 2 N–H and O–H groups in total. The summed E-state index contributed by atoms with van der Waals surface area (Å²) < 4.78 is 53.9. The van der Waals surface area contributed by atoms with Crippen LogP contribution >= 0.6 is 0 Å². The minimum Gasteiger partial charge on any atom is -0.460 e. The van der Waals surface area contributed by atoms with E-state index < -0.39 is 76.3 Å². The monoisotopic (exact) mass is 648 g/mol. The predicted molar refractivity (Wildman–Crippen MR) is 167 cm³/mol. The fourth-order valence-electron chi connectivity index (χ4n) is 5.51. The standard InChI is InChI=1S/C29H45BN6O8S/c1-26(2,3)42-25(38)32-22-16-23(22)33-45(39,40)36-17-21(14-11-15-30-43-27(4,5)28(6,7)44-30)29(19-36,34-35-31)24(37)41-18-20-12-9-8-10-13-20/h8-10,12-13,21-23,33H,11,14-19H2,1-7H3,(H,32,38)/t21-,22+,23+,29?/m0/s1. The van der Waals surface area contributed by atoms with Crippen molar-refractivity contribution in [3.05, 3.63) is 46.3 Å². The van der Waals surface area contributed by atoms with Gasteiger partial charge in [0.05, 0.1) is 17.2 Å². The van der Waals surface area contributed by atoms with E-state index in [1.165, 1.54) is 0 Å². The number of hydrogen-bond acceptors (Lipinski definition) is 9. The average Bonchev–Trinajstić information content (AvgIpc) is 3.43. The van der Waals surface area contributed by atoms with Crippen LogP contribution in [-0.4, -0.2) is 79.4 Å². The molecule has 1 aliphatic carbocycles. The molecule has 1 unspecified atom stereocenters. The summed E-state index contributed by atoms with van der Waals surface area (Å²) in [7, 11) is -4.62. The van der Waals surface area contributed by atoms with Crippen molar-refractivity contribution in [3.8, 4) is 0 Å². The van der Waals surface area contributed by atoms with Gasteiger partial charge in [-0.25, -0.2) is 4.79 Å². The molecule has 4 rings (SSSR count). The fraction of sp³-hybridized carbons (Fsp3) is 0.724. The highest BCUT2D eigenvalue weighted by molar-refractivity contribution is 7.87. The Labute approximate surface area is 265 Å². The van der Waals surface area contributed by atoms with Gasteiger partial charge in [0, 0.05) is 24.0 Å². The van der Waals surface area contributed by atoms with Crippen LogP contribution in [0, 0.1) is 5.92 Å². The number of carbonyl (C=O) groups excluding carboxylic acids is 2. The lowest BCUT2D eigenvalue weighted by Gasteiger charge is -2.32. The lowest BCUT2D eigenvalue weighted by molar-refractivity contribution is -0.152. The third kappa shape index (κ3) is 8.49. The Morgan fingerprint density at radius 3 is 2.38 bits per heavy atom. The maximum absolute atomic E-state index is 13.7. The van der Waals surface area contributed by atoms with Gasteiger partial charge in [0.15, 0.2) is 5.54 Å². The van der Waals surface area contributed by atoms with Crippen LogP contribution in [0.4, 0.5) is 4.79 Å². The van der Waals surface area contributed by atoms with Crippen molar-refractivity contribution in [1.82, 2.24) is 14.3 Å². The summed E-state index contributed by atoms with van der Waals surface area (Å²) in [6.45, 7) is 12.5. The van der Waals surface area contributed by atoms with Gasteiger partial charge in [-0.3, -0.25) is 4.79 Å². The Morgan fingerprint density at radius 1 is 1.13 bits per heavy atom. The Kier molecular flexibility index (Phi) is 10.2. The van der Waals surface area contributed by atoms with E-state index in [-0.39, 0.29) is 13.2 Å². The summed E-state index contributed by atoms with van der Waals surface area (Å²) in [5.74, 6) is -1.47. The molecule has 1 aromatic carbocycles. The van der Waals surface area contributed by atoms with Crippen molar-refractivity contribution in [1.29, 1.82) is 0 Å². The van der Waals surface area contributed by atoms with Crippen LogP contribution < -0.4 is 10.0 Å². The number of ether oxygens (including phenoxy) is 2. The van der Waals surface area contributed by atoms with Crippen molar-refractivity contribution in [2.24, 2.45) is 11.0 Å². The zero-order chi connectivity index (χ0) is 33.3. The molecule has 3 aliphatic rings. The van der Waals surface area contributed by atoms with Crippen molar-refractivity contribution in [3.63, 3.8) is 0 Å². The van der Waals surface area contributed by atoms with Gasteiger partial charge in [-0.15, -0.1) is 0 Å². The number of azide groups is 1. The summed E-state index contributed by atoms with van der Waals surface area (Å²) >= 11 is 0. The summed E-state index contributed by atoms with van der Waals surface area (Å²) in [6.07, 6.45) is 1.11. The van der Waals surface area contributed by atoms with Crippen LogP contribution in [0.2, 0.25) is 6.32 Å². The van der Waals surface area contributed by atoms with E-state index in [1.54, 1.807) is 32.9 Å². The van der Waals surface area contributed by atoms with Crippen LogP contribution in [0.5, 0.6) is 0 Å². The van der Waals surface area contributed by atoms with Crippen molar-refractivity contribution in [2.45, 2.75) is 115 Å². The SMILES string of the molecule is CC(C)(C)OC(=O)N[C@@H]1C[C@H]1NS(=O)(=O)N1C[C@H](CCCB2OC(C)(C)C(C)(C)O2)C(N=[N+]=[N-])(C(=O)OCc2ccccc2)C1. The molecule has 0 aromatic heterocycles. The number of benzene rings is 1. The highest BCUT2D eigenvalue weighted by Gasteiger charge is 2.57. The van der Waals surface area contributed by atoms with Gasteiger partial charge in [0.25, 0.3) is 10.2 Å². The van der Waals surface area contributed by atoms with Crippen molar-refractivity contribution >= 4 is 29.4 Å². The molecule has 2 heterocycles. The average molecular weight is 649 g/mol. The second-order valence-corrected chi connectivity index (χ2v) is 15.7. The first-order chi connectivity index (χ1) is 20.9. The highest BCUT2D eigenvalue weighted by Crippen LogP contribution is 2.41. The molecule has 4 atom stereocenters. The van der Waals surface area contributed by atoms with Gasteiger partial charge in [0.1, 0.15) is 12.2 Å². The molecule has 45 heavy (non-hydrogen) atoms. The molecule has 1 saturated carbocycles. The first kappa shape index (κ1) is 35.0. The molecule has 16 heteroatoms. The number of carbonyl (C=O) groups is 2. The second-order valence-electron chi connectivity index (χ2n) is 14.0. The molecule has 1 amide bonds. The minimum absolute atomic E-state index is 0.0614. The van der Waals surface area contributed by atoms with Gasteiger partial charge in [0.2, 0.25) is 0 Å². The molecule has 14 nitrogen and oxygen atoms in total. The van der Waals surface area contributed by atoms with Crippen LogP contribution in [-0.2, 0) is 40.4 Å². The van der Waals surface area contributed by atoms with Gasteiger partial charge in [-0.2, -0.15) is 17.4 Å². The predicted octanol–water partition coefficient (Wildman–Crippen LogP) is 4.08. The Balaban J connectivity index is 1.47. The number of alkyl carbamates (subject to hydrolysis) is 1. The van der Waals surface area contributed by atoms with E-state index >= 15 is 0 Å². The third-order valence-electron chi connectivity index (χ3n) is 8.73. The first-order valence-electron chi connectivity index (χ1n) is 15.3. The van der Waals surface area contributed by atoms with Gasteiger partial charge in [-0.1, -0.05) is 41.9 Å². The molecule has 0 spiro atoms. The molecule has 2 saturated heterocycles. The van der Waals surface area contributed by atoms with Gasteiger partial charge >= 0.3 is 19.2 Å². The minimum atomic E-state index is -4.14. The Bertz CT molecular complexity index is 1380. The zero-order valence-electron chi connectivity index (χ0n) is 27.1. The lowest BCUT2D eigenvalue weighted by atomic mass is 9.78. The maximum atomic E-state index is 13.7. The van der Waals surface area contributed by atoms with E-state index in [4.69, 9.17) is 18.8 Å². The molecule has 0 bridgehead atoms. The van der Waals surface area contributed by atoms with E-state index in [9.17, 15) is 23.5 Å². The number of hydrogen-bond donors (Lipinski definition) is 2. The topological polar surface area (TPSA) is 181 Å². The Hall–Kier alpha value is -2.88. The summed E-state index contributed by atoms with van der Waals surface area (Å²) in [6, 6.07) is 8.05. The van der Waals surface area contributed by atoms with Gasteiger partial charge < -0.3 is 24.1 Å². The van der Waals surface area contributed by atoms with Crippen molar-refractivity contribution in [2.75, 3.05) is 13.1 Å². The van der Waals surface area contributed by atoms with E-state index in [0.717, 1.165) is 9.87 Å². The summed E-state index contributed by atoms with van der Waals surface area (Å²) in [5, 5.41) is 6.59. The summed E-state index contributed by atoms with van der Waals surface area (Å²) in [5.41, 5.74) is 6.83. The third-order valence-corrected chi connectivity index (χ3v) is 10.3. The number of amides is 1. The zero-order valence-corrected chi connectivity index (χ0v) is 27.9. The van der Waals surface area contributed by atoms with E-state index in [1.807, 2.05) is 45.9 Å². The quantitative estimate of drug-likeness (QED) is 0.112. The van der Waals surface area contributed by atoms with Crippen LogP contribution in [0.25, 0.3) is 10.4 Å². The van der Waals surface area contributed by atoms with Crippen LogP contribution in [0.15, 0.2) is 35.4 Å². The number of nitrogens with zero attached hydrogens (tertiary/aromatic N) is 4. The van der Waals surface area contributed by atoms with Gasteiger partial charge in [-0.05, 0) is 84.6 Å². The van der Waals surface area contributed by atoms with Crippen LogP contribution in [0.3, 0.4) is 0 Å². The molecule has 0 radical (unpaired) electrons. The highest BCUT2D eigenvalue weighted by atomic mass is 32.2. The number of rotatable bonds is 12. The maximum Gasteiger partial charge on any atom is 0.457 e. The number of nitrogens with one attached hydrogen (secondary N) is 2. The molecule has 2 aliphatic heterocycles. The van der Waals surface area contributed by atoms with Crippen LogP contribution in [0.1, 0.15) is 73.3 Å². The molecule has 1 aromatic rings. The Morgan fingerprint density at radius 2 is 1.78 bits per heavy atom. The lowest BCUT2D eigenvalue weighted by Crippen LogP contribution is -2.48. The normalized spacial score (nSPS) is 27.4. The second kappa shape index (κ2) is 13.1. The van der Waals surface area contributed by atoms with Crippen molar-refractivity contribution < 1.29 is 36.8 Å². The summed E-state index contributed by atoms with van der Waals surface area (Å²) in [4.78, 5) is 28.8. The molecule has 3 fully saturated rings. The molecule has 248 valence electrons. The molecular weight excluding hydrogens is 603 g/mol. The fourth-order valence-corrected chi connectivity index (χ4v) is 7.04. The van der Waals surface area contributed by atoms with E-state index in [2.05, 4.69) is 20.1 Å². The smallest absolute Gasteiger partial charge is 0.457 e. The molecular formula is C29H45BN6O8S. The van der Waals surface area contributed by atoms with E-state index in [0.29, 0.717) is 25.6 Å². The largest absolute Gasteiger partial charge is 0.460 e.